The molecule has 0 aliphatic heterocycles. The molecule has 0 saturated carbocycles. The van der Waals surface area contributed by atoms with E-state index in [1.54, 1.807) is 37.3 Å². The van der Waals surface area contributed by atoms with Crippen LogP contribution in [0.4, 0.5) is 10.5 Å². The molecule has 0 saturated heterocycles. The standard InChI is InChI=1S/C13H14N4O4/c1-9-15-11(16-21-9)7-14-13(20)17(8-12(18)19)10-5-3-2-4-6-10/h2-6H,7-8H2,1H3,(H,14,20)(H,18,19). The van der Waals surface area contributed by atoms with E-state index >= 15 is 0 Å². The number of carbonyl (C=O) groups is 2. The van der Waals surface area contributed by atoms with Crippen molar-refractivity contribution in [2.75, 3.05) is 11.4 Å². The highest BCUT2D eigenvalue weighted by Crippen LogP contribution is 2.13. The Balaban J connectivity index is 2.05. The number of rotatable bonds is 5. The lowest BCUT2D eigenvalue weighted by Crippen LogP contribution is -2.42. The molecule has 0 spiro atoms. The summed E-state index contributed by atoms with van der Waals surface area (Å²) in [7, 11) is 0. The Morgan fingerprint density at radius 1 is 1.33 bits per heavy atom. The van der Waals surface area contributed by atoms with E-state index in [2.05, 4.69) is 15.5 Å². The number of benzene rings is 1. The molecule has 8 nitrogen and oxygen atoms in total. The fourth-order valence-corrected chi connectivity index (χ4v) is 1.69. The van der Waals surface area contributed by atoms with Crippen LogP contribution >= 0.6 is 0 Å². The summed E-state index contributed by atoms with van der Waals surface area (Å²) in [6.45, 7) is 1.25. The molecule has 2 aromatic rings. The van der Waals surface area contributed by atoms with Crippen LogP contribution in [0.15, 0.2) is 34.9 Å². The van der Waals surface area contributed by atoms with Crippen molar-refractivity contribution >= 4 is 17.7 Å². The highest BCUT2D eigenvalue weighted by atomic mass is 16.5. The fraction of sp³-hybridized carbons (Fsp3) is 0.231. The highest BCUT2D eigenvalue weighted by Gasteiger charge is 2.18. The number of nitrogens with one attached hydrogen (secondary N) is 1. The lowest BCUT2D eigenvalue weighted by molar-refractivity contribution is -0.135. The van der Waals surface area contributed by atoms with Gasteiger partial charge in [0.2, 0.25) is 5.89 Å². The second-order valence-corrected chi connectivity index (χ2v) is 4.20. The minimum Gasteiger partial charge on any atom is -0.480 e. The van der Waals surface area contributed by atoms with E-state index in [1.165, 1.54) is 0 Å². The van der Waals surface area contributed by atoms with Crippen molar-refractivity contribution in [3.8, 4) is 0 Å². The maximum atomic E-state index is 12.1. The number of amides is 2. The largest absolute Gasteiger partial charge is 0.480 e. The molecule has 2 N–H and O–H groups in total. The average molecular weight is 290 g/mol. The normalized spacial score (nSPS) is 10.1. The molecule has 1 aromatic heterocycles. The number of aromatic nitrogens is 2. The first kappa shape index (κ1) is 14.5. The number of hydrogen-bond acceptors (Lipinski definition) is 5. The van der Waals surface area contributed by atoms with E-state index in [0.29, 0.717) is 17.4 Å². The zero-order valence-electron chi connectivity index (χ0n) is 11.3. The topological polar surface area (TPSA) is 109 Å². The van der Waals surface area contributed by atoms with Crippen LogP contribution in [-0.4, -0.2) is 33.8 Å². The number of nitrogens with zero attached hydrogens (tertiary/aromatic N) is 3. The summed E-state index contributed by atoms with van der Waals surface area (Å²) in [6.07, 6.45) is 0. The molecule has 8 heteroatoms. The zero-order valence-corrected chi connectivity index (χ0v) is 11.3. The molecule has 0 atom stereocenters. The van der Waals surface area contributed by atoms with Crippen molar-refractivity contribution in [2.24, 2.45) is 0 Å². The van der Waals surface area contributed by atoms with Crippen LogP contribution in [0.25, 0.3) is 0 Å². The Morgan fingerprint density at radius 2 is 2.05 bits per heavy atom. The quantitative estimate of drug-likeness (QED) is 0.855. The molecular weight excluding hydrogens is 276 g/mol. The molecule has 0 radical (unpaired) electrons. The van der Waals surface area contributed by atoms with E-state index in [9.17, 15) is 9.59 Å². The molecule has 21 heavy (non-hydrogen) atoms. The van der Waals surface area contributed by atoms with Gasteiger partial charge in [0, 0.05) is 12.6 Å². The maximum Gasteiger partial charge on any atom is 0.323 e. The van der Waals surface area contributed by atoms with Crippen LogP contribution in [0, 0.1) is 6.92 Å². The molecule has 1 aromatic carbocycles. The van der Waals surface area contributed by atoms with Gasteiger partial charge in [-0.15, -0.1) is 0 Å². The molecule has 0 fully saturated rings. The van der Waals surface area contributed by atoms with Gasteiger partial charge in [0.25, 0.3) is 0 Å². The van der Waals surface area contributed by atoms with Gasteiger partial charge in [0.15, 0.2) is 5.82 Å². The second kappa shape index (κ2) is 6.51. The predicted molar refractivity (Wildman–Crippen MR) is 72.7 cm³/mol. The number of aryl methyl sites for hydroxylation is 1. The Labute approximate surface area is 120 Å². The summed E-state index contributed by atoms with van der Waals surface area (Å²) in [5.74, 6) is -0.390. The van der Waals surface area contributed by atoms with E-state index in [1.807, 2.05) is 0 Å². The van der Waals surface area contributed by atoms with Gasteiger partial charge >= 0.3 is 12.0 Å². The Kier molecular flexibility index (Phi) is 4.50. The minimum atomic E-state index is -1.11. The van der Waals surface area contributed by atoms with Crippen LogP contribution in [-0.2, 0) is 11.3 Å². The van der Waals surface area contributed by atoms with Gasteiger partial charge in [-0.3, -0.25) is 9.69 Å². The van der Waals surface area contributed by atoms with E-state index in [0.717, 1.165) is 4.90 Å². The third kappa shape index (κ3) is 4.03. The molecule has 0 unspecified atom stereocenters. The molecule has 2 amide bonds. The van der Waals surface area contributed by atoms with Crippen LogP contribution in [0.1, 0.15) is 11.7 Å². The zero-order chi connectivity index (χ0) is 15.2. The minimum absolute atomic E-state index is 0.0547. The first-order valence-corrected chi connectivity index (χ1v) is 6.17. The van der Waals surface area contributed by atoms with E-state index in [-0.39, 0.29) is 6.54 Å². The first-order chi connectivity index (χ1) is 10.1. The summed E-state index contributed by atoms with van der Waals surface area (Å²) in [6, 6.07) is 7.98. The number of carboxylic acids is 1. The van der Waals surface area contributed by atoms with Crippen molar-refractivity contribution in [3.63, 3.8) is 0 Å². The van der Waals surface area contributed by atoms with Crippen molar-refractivity contribution in [1.29, 1.82) is 0 Å². The van der Waals surface area contributed by atoms with Gasteiger partial charge in [-0.2, -0.15) is 4.98 Å². The predicted octanol–water partition coefficient (Wildman–Crippen LogP) is 1.18. The van der Waals surface area contributed by atoms with Crippen molar-refractivity contribution in [2.45, 2.75) is 13.5 Å². The Hall–Kier alpha value is -2.90. The maximum absolute atomic E-state index is 12.1. The average Bonchev–Trinajstić information content (AvgIpc) is 2.88. The van der Waals surface area contributed by atoms with Crippen LogP contribution in [0.2, 0.25) is 0 Å². The number of carboxylic acid groups (broad SMARTS) is 1. The molecule has 1 heterocycles. The lowest BCUT2D eigenvalue weighted by atomic mass is 10.3. The van der Waals surface area contributed by atoms with Crippen molar-refractivity contribution < 1.29 is 19.2 Å². The van der Waals surface area contributed by atoms with Gasteiger partial charge in [-0.05, 0) is 12.1 Å². The number of para-hydroxylation sites is 1. The second-order valence-electron chi connectivity index (χ2n) is 4.20. The Bertz CT molecular complexity index is 626. The summed E-state index contributed by atoms with van der Waals surface area (Å²) in [4.78, 5) is 28.1. The van der Waals surface area contributed by atoms with E-state index in [4.69, 9.17) is 9.63 Å². The van der Waals surface area contributed by atoms with Gasteiger partial charge in [-0.1, -0.05) is 23.4 Å². The summed E-state index contributed by atoms with van der Waals surface area (Å²) in [5.41, 5.74) is 0.488. The highest BCUT2D eigenvalue weighted by molar-refractivity contribution is 5.96. The molecule has 0 aliphatic carbocycles. The summed E-state index contributed by atoms with van der Waals surface area (Å²) < 4.78 is 4.79. The fourth-order valence-electron chi connectivity index (χ4n) is 1.69. The van der Waals surface area contributed by atoms with Crippen molar-refractivity contribution in [1.82, 2.24) is 15.5 Å². The third-order valence-electron chi connectivity index (χ3n) is 2.57. The monoisotopic (exact) mass is 290 g/mol. The van der Waals surface area contributed by atoms with Crippen LogP contribution in [0.3, 0.4) is 0 Å². The third-order valence-corrected chi connectivity index (χ3v) is 2.57. The smallest absolute Gasteiger partial charge is 0.323 e. The van der Waals surface area contributed by atoms with E-state index < -0.39 is 18.5 Å². The number of carbonyl (C=O) groups excluding carboxylic acids is 1. The number of aliphatic carboxylic acids is 1. The van der Waals surface area contributed by atoms with Gasteiger partial charge in [-0.25, -0.2) is 4.79 Å². The van der Waals surface area contributed by atoms with Gasteiger partial charge < -0.3 is 14.9 Å². The number of urea groups is 1. The van der Waals surface area contributed by atoms with Crippen LogP contribution in [0.5, 0.6) is 0 Å². The summed E-state index contributed by atoms with van der Waals surface area (Å²) in [5, 5.41) is 15.1. The molecule has 110 valence electrons. The molecule has 0 bridgehead atoms. The SMILES string of the molecule is Cc1nc(CNC(=O)N(CC(=O)O)c2ccccc2)no1. The van der Waals surface area contributed by atoms with Crippen molar-refractivity contribution in [3.05, 3.63) is 42.0 Å². The van der Waals surface area contributed by atoms with Gasteiger partial charge in [0.1, 0.15) is 6.54 Å². The number of hydrogen-bond donors (Lipinski definition) is 2. The number of anilines is 1. The van der Waals surface area contributed by atoms with Gasteiger partial charge in [0.05, 0.1) is 6.54 Å². The first-order valence-electron chi connectivity index (χ1n) is 6.17. The molecular formula is C13H14N4O4. The van der Waals surface area contributed by atoms with Crippen LogP contribution < -0.4 is 10.2 Å². The summed E-state index contributed by atoms with van der Waals surface area (Å²) >= 11 is 0. The lowest BCUT2D eigenvalue weighted by Gasteiger charge is -2.20. The molecule has 2 rings (SSSR count). The molecule has 0 aliphatic rings. The Morgan fingerprint density at radius 3 is 2.62 bits per heavy atom.